The first-order valence-corrected chi connectivity index (χ1v) is 5.89. The Balaban J connectivity index is 2.37. The van der Waals surface area contributed by atoms with Gasteiger partial charge in [0.1, 0.15) is 5.75 Å². The molecule has 2 rings (SSSR count). The van der Waals surface area contributed by atoms with Crippen molar-refractivity contribution in [2.45, 2.75) is 27.3 Å². The van der Waals surface area contributed by atoms with Crippen molar-refractivity contribution in [1.29, 1.82) is 0 Å². The molecule has 0 fully saturated rings. The Bertz CT molecular complexity index is 567. The van der Waals surface area contributed by atoms with Crippen LogP contribution in [0, 0.1) is 20.8 Å². The van der Waals surface area contributed by atoms with E-state index in [1.807, 2.05) is 45.0 Å². The van der Waals surface area contributed by atoms with E-state index in [1.54, 1.807) is 0 Å². The zero-order valence-corrected chi connectivity index (χ0v) is 10.9. The molecule has 0 amide bonds. The summed E-state index contributed by atoms with van der Waals surface area (Å²) in [6.45, 7) is 6.30. The highest BCUT2D eigenvalue weighted by molar-refractivity contribution is 5.38. The van der Waals surface area contributed by atoms with Gasteiger partial charge in [0, 0.05) is 12.1 Å². The Hall–Kier alpha value is -1.94. The van der Waals surface area contributed by atoms with Crippen molar-refractivity contribution in [2.24, 2.45) is 5.73 Å². The largest absolute Gasteiger partial charge is 0.437 e. The van der Waals surface area contributed by atoms with Crippen molar-refractivity contribution in [2.75, 3.05) is 0 Å². The van der Waals surface area contributed by atoms with E-state index < -0.39 is 0 Å². The highest BCUT2D eigenvalue weighted by Gasteiger charge is 2.11. The average molecular weight is 243 g/mol. The standard InChI is InChI=1S/C14H17N3O/c1-9-5-4-6-12(7-9)18-14-13(8-15)10(2)11(3)16-17-14/h4-7H,8,15H2,1-3H3. The molecule has 0 saturated carbocycles. The second-order valence-corrected chi connectivity index (χ2v) is 4.32. The number of rotatable bonds is 3. The van der Waals surface area contributed by atoms with Gasteiger partial charge in [0.25, 0.3) is 0 Å². The number of nitrogens with two attached hydrogens (primary N) is 1. The van der Waals surface area contributed by atoms with E-state index in [0.29, 0.717) is 12.4 Å². The van der Waals surface area contributed by atoms with Gasteiger partial charge in [0.15, 0.2) is 0 Å². The summed E-state index contributed by atoms with van der Waals surface area (Å²) in [5.74, 6) is 1.24. The van der Waals surface area contributed by atoms with Crippen LogP contribution in [0.15, 0.2) is 24.3 Å². The lowest BCUT2D eigenvalue weighted by atomic mass is 10.1. The molecule has 18 heavy (non-hydrogen) atoms. The highest BCUT2D eigenvalue weighted by atomic mass is 16.5. The molecule has 4 heteroatoms. The Morgan fingerprint density at radius 1 is 1.17 bits per heavy atom. The third-order valence-corrected chi connectivity index (χ3v) is 2.95. The maximum atomic E-state index is 5.76. The minimum absolute atomic E-state index is 0.392. The summed E-state index contributed by atoms with van der Waals surface area (Å²) in [6, 6.07) is 7.81. The first kappa shape index (κ1) is 12.5. The minimum Gasteiger partial charge on any atom is -0.437 e. The number of hydrogen-bond acceptors (Lipinski definition) is 4. The summed E-state index contributed by atoms with van der Waals surface area (Å²) in [7, 11) is 0. The molecule has 0 saturated heterocycles. The Morgan fingerprint density at radius 2 is 1.94 bits per heavy atom. The third-order valence-electron chi connectivity index (χ3n) is 2.95. The molecular weight excluding hydrogens is 226 g/mol. The van der Waals surface area contributed by atoms with Crippen LogP contribution in [0.1, 0.15) is 22.4 Å². The quantitative estimate of drug-likeness (QED) is 0.900. The van der Waals surface area contributed by atoms with Crippen LogP contribution in [-0.2, 0) is 6.54 Å². The van der Waals surface area contributed by atoms with Crippen LogP contribution >= 0.6 is 0 Å². The predicted octanol–water partition coefficient (Wildman–Crippen LogP) is 2.65. The fraction of sp³-hybridized carbons (Fsp3) is 0.286. The zero-order chi connectivity index (χ0) is 13.1. The summed E-state index contributed by atoms with van der Waals surface area (Å²) in [5, 5.41) is 8.16. The van der Waals surface area contributed by atoms with Gasteiger partial charge in [0.2, 0.25) is 5.88 Å². The molecule has 1 aromatic carbocycles. The number of ether oxygens (including phenoxy) is 1. The van der Waals surface area contributed by atoms with E-state index in [0.717, 1.165) is 28.1 Å². The molecular formula is C14H17N3O. The van der Waals surface area contributed by atoms with Crippen molar-refractivity contribution in [3.8, 4) is 11.6 Å². The first-order valence-electron chi connectivity index (χ1n) is 5.89. The van der Waals surface area contributed by atoms with Gasteiger partial charge in [-0.3, -0.25) is 0 Å². The van der Waals surface area contributed by atoms with Gasteiger partial charge in [-0.05, 0) is 44.0 Å². The molecule has 0 unspecified atom stereocenters. The molecule has 0 atom stereocenters. The average Bonchev–Trinajstić information content (AvgIpc) is 2.34. The summed E-state index contributed by atoms with van der Waals surface area (Å²) >= 11 is 0. The summed E-state index contributed by atoms with van der Waals surface area (Å²) < 4.78 is 5.76. The van der Waals surface area contributed by atoms with Gasteiger partial charge in [-0.2, -0.15) is 5.10 Å². The molecule has 2 aromatic rings. The lowest BCUT2D eigenvalue weighted by Crippen LogP contribution is -2.07. The van der Waals surface area contributed by atoms with Crippen molar-refractivity contribution in [1.82, 2.24) is 10.2 Å². The van der Waals surface area contributed by atoms with Crippen LogP contribution in [0.4, 0.5) is 0 Å². The molecule has 1 aromatic heterocycles. The third kappa shape index (κ3) is 2.49. The number of benzene rings is 1. The van der Waals surface area contributed by atoms with Crippen LogP contribution in [0.25, 0.3) is 0 Å². The van der Waals surface area contributed by atoms with E-state index in [-0.39, 0.29) is 0 Å². The highest BCUT2D eigenvalue weighted by Crippen LogP contribution is 2.25. The van der Waals surface area contributed by atoms with Crippen LogP contribution in [-0.4, -0.2) is 10.2 Å². The Kier molecular flexibility index (Phi) is 3.58. The molecule has 0 spiro atoms. The molecule has 2 N–H and O–H groups in total. The number of nitrogens with zero attached hydrogens (tertiary/aromatic N) is 2. The van der Waals surface area contributed by atoms with Gasteiger partial charge in [-0.25, -0.2) is 0 Å². The van der Waals surface area contributed by atoms with Crippen molar-refractivity contribution in [3.05, 3.63) is 46.6 Å². The zero-order valence-electron chi connectivity index (χ0n) is 10.9. The summed E-state index contributed by atoms with van der Waals surface area (Å²) in [4.78, 5) is 0. The molecule has 4 nitrogen and oxygen atoms in total. The first-order chi connectivity index (χ1) is 8.61. The van der Waals surface area contributed by atoms with E-state index >= 15 is 0 Å². The maximum absolute atomic E-state index is 5.76. The molecule has 0 aliphatic heterocycles. The Labute approximate surface area is 107 Å². The van der Waals surface area contributed by atoms with E-state index in [1.165, 1.54) is 0 Å². The molecule has 1 heterocycles. The molecule has 0 radical (unpaired) electrons. The summed E-state index contributed by atoms with van der Waals surface area (Å²) in [5.41, 5.74) is 9.72. The number of aryl methyl sites for hydroxylation is 2. The fourth-order valence-corrected chi connectivity index (χ4v) is 1.75. The second kappa shape index (κ2) is 5.14. The molecule has 0 aliphatic carbocycles. The SMILES string of the molecule is Cc1cccc(Oc2nnc(C)c(C)c2CN)c1. The van der Waals surface area contributed by atoms with Gasteiger partial charge in [-0.15, -0.1) is 5.10 Å². The van der Waals surface area contributed by atoms with E-state index in [9.17, 15) is 0 Å². The fourth-order valence-electron chi connectivity index (χ4n) is 1.75. The van der Waals surface area contributed by atoms with E-state index in [2.05, 4.69) is 10.2 Å². The van der Waals surface area contributed by atoms with E-state index in [4.69, 9.17) is 10.5 Å². The van der Waals surface area contributed by atoms with Gasteiger partial charge < -0.3 is 10.5 Å². The smallest absolute Gasteiger partial charge is 0.243 e. The lowest BCUT2D eigenvalue weighted by Gasteiger charge is -2.12. The number of hydrogen-bond donors (Lipinski definition) is 1. The van der Waals surface area contributed by atoms with Crippen molar-refractivity contribution >= 4 is 0 Å². The lowest BCUT2D eigenvalue weighted by molar-refractivity contribution is 0.446. The number of aromatic nitrogens is 2. The van der Waals surface area contributed by atoms with Gasteiger partial charge in [0.05, 0.1) is 5.69 Å². The van der Waals surface area contributed by atoms with Gasteiger partial charge >= 0.3 is 0 Å². The summed E-state index contributed by atoms with van der Waals surface area (Å²) in [6.07, 6.45) is 0. The van der Waals surface area contributed by atoms with Crippen molar-refractivity contribution < 1.29 is 4.74 Å². The van der Waals surface area contributed by atoms with Crippen LogP contribution in [0.3, 0.4) is 0 Å². The topological polar surface area (TPSA) is 61.0 Å². The van der Waals surface area contributed by atoms with Crippen LogP contribution < -0.4 is 10.5 Å². The molecule has 94 valence electrons. The normalized spacial score (nSPS) is 10.4. The predicted molar refractivity (Wildman–Crippen MR) is 70.7 cm³/mol. The minimum atomic E-state index is 0.392. The molecule has 0 bridgehead atoms. The van der Waals surface area contributed by atoms with Crippen molar-refractivity contribution in [3.63, 3.8) is 0 Å². The monoisotopic (exact) mass is 243 g/mol. The van der Waals surface area contributed by atoms with Crippen LogP contribution in [0.5, 0.6) is 11.6 Å². The maximum Gasteiger partial charge on any atom is 0.243 e. The van der Waals surface area contributed by atoms with Gasteiger partial charge in [-0.1, -0.05) is 12.1 Å². The van der Waals surface area contributed by atoms with Crippen LogP contribution in [0.2, 0.25) is 0 Å². The molecule has 0 aliphatic rings. The second-order valence-electron chi connectivity index (χ2n) is 4.32. The Morgan fingerprint density at radius 3 is 2.61 bits per heavy atom.